The second-order valence-electron chi connectivity index (χ2n) is 2.71. The van der Waals surface area contributed by atoms with Crippen LogP contribution in [0.5, 0.6) is 0 Å². The molecule has 0 fully saturated rings. The van der Waals surface area contributed by atoms with Gasteiger partial charge in [0, 0.05) is 0 Å². The van der Waals surface area contributed by atoms with E-state index < -0.39 is 24.5 Å². The van der Waals surface area contributed by atoms with E-state index in [9.17, 15) is 9.59 Å². The molecule has 4 nitrogen and oxygen atoms in total. The van der Waals surface area contributed by atoms with Gasteiger partial charge in [0.05, 0.1) is 0 Å². The number of halogens is 3. The molecule has 0 aliphatic heterocycles. The van der Waals surface area contributed by atoms with E-state index in [2.05, 4.69) is 7.60 Å². The Hall–Kier alpha value is 0.524. The number of hydrogen-bond donors (Lipinski definition) is 2. The fourth-order valence-electron chi connectivity index (χ4n) is 0.664. The van der Waals surface area contributed by atoms with Crippen LogP contribution < -0.4 is 7.60 Å². The van der Waals surface area contributed by atoms with Crippen LogP contribution in [0.4, 0.5) is 0 Å². The molecular formula is C6H12Cl3N2O2Ti. The van der Waals surface area contributed by atoms with Crippen molar-refractivity contribution in [3.8, 4) is 0 Å². The van der Waals surface area contributed by atoms with Gasteiger partial charge in [-0.15, -0.1) is 0 Å². The van der Waals surface area contributed by atoms with Gasteiger partial charge in [-0.2, -0.15) is 0 Å². The SMILES string of the molecule is CCC(=O)[NH][Ti]([Cl])([Cl])([Cl])[NH]C(=O)CC. The van der Waals surface area contributed by atoms with E-state index in [1.165, 1.54) is 0 Å². The monoisotopic (exact) mass is 297 g/mol. The van der Waals surface area contributed by atoms with Gasteiger partial charge in [0.2, 0.25) is 0 Å². The molecule has 0 saturated carbocycles. The zero-order valence-electron chi connectivity index (χ0n) is 7.86. The van der Waals surface area contributed by atoms with Gasteiger partial charge in [-0.25, -0.2) is 0 Å². The first kappa shape index (κ1) is 14.5. The molecule has 0 aromatic carbocycles. The summed E-state index contributed by atoms with van der Waals surface area (Å²) in [6.07, 6.45) is 0.404. The second-order valence-corrected chi connectivity index (χ2v) is 18.1. The predicted molar refractivity (Wildman–Crippen MR) is 54.4 cm³/mol. The summed E-state index contributed by atoms with van der Waals surface area (Å²) >= 11 is -4.81. The number of amides is 2. The van der Waals surface area contributed by atoms with Crippen molar-refractivity contribution in [2.45, 2.75) is 26.7 Å². The third-order valence-electron chi connectivity index (χ3n) is 1.33. The summed E-state index contributed by atoms with van der Waals surface area (Å²) in [6.45, 7) is 3.26. The summed E-state index contributed by atoms with van der Waals surface area (Å²) in [4.78, 5) is 22.1. The van der Waals surface area contributed by atoms with E-state index >= 15 is 0 Å². The molecule has 2 N–H and O–H groups in total. The Bertz CT molecular complexity index is 229. The van der Waals surface area contributed by atoms with E-state index in [0.29, 0.717) is 0 Å². The molecule has 0 bridgehead atoms. The quantitative estimate of drug-likeness (QED) is 0.780. The molecule has 0 aliphatic rings. The average molecular weight is 298 g/mol. The Kier molecular flexibility index (Phi) is 5.22. The van der Waals surface area contributed by atoms with Crippen LogP contribution in [0.15, 0.2) is 0 Å². The van der Waals surface area contributed by atoms with Crippen molar-refractivity contribution in [3.63, 3.8) is 0 Å². The van der Waals surface area contributed by atoms with Gasteiger partial charge >= 0.3 is 96.2 Å². The van der Waals surface area contributed by atoms with Crippen molar-refractivity contribution >= 4 is 39.7 Å². The predicted octanol–water partition coefficient (Wildman–Crippen LogP) is 2.02. The maximum absolute atomic E-state index is 11.0. The summed E-state index contributed by atoms with van der Waals surface area (Å²) < 4.78 is 4.53. The summed E-state index contributed by atoms with van der Waals surface area (Å²) in [7, 11) is 17.4. The summed E-state index contributed by atoms with van der Waals surface area (Å²) in [5.41, 5.74) is 0. The van der Waals surface area contributed by atoms with Gasteiger partial charge in [0.1, 0.15) is 0 Å². The van der Waals surface area contributed by atoms with Crippen molar-refractivity contribution in [1.82, 2.24) is 7.60 Å². The molecule has 0 aromatic heterocycles. The first-order valence-corrected chi connectivity index (χ1v) is 12.1. The van der Waals surface area contributed by atoms with Gasteiger partial charge in [-0.3, -0.25) is 0 Å². The Morgan fingerprint density at radius 1 is 1.00 bits per heavy atom. The summed E-state index contributed by atoms with van der Waals surface area (Å²) in [5.74, 6) is -0.781. The van der Waals surface area contributed by atoms with Crippen LogP contribution in [0.25, 0.3) is 0 Å². The Morgan fingerprint density at radius 3 is 1.50 bits per heavy atom. The van der Waals surface area contributed by atoms with Gasteiger partial charge < -0.3 is 0 Å². The molecule has 0 heterocycles. The van der Waals surface area contributed by atoms with Gasteiger partial charge in [-0.1, -0.05) is 0 Å². The van der Waals surface area contributed by atoms with E-state index in [1.807, 2.05) is 0 Å². The van der Waals surface area contributed by atoms with Gasteiger partial charge in [0.25, 0.3) is 0 Å². The molecule has 83 valence electrons. The van der Waals surface area contributed by atoms with Gasteiger partial charge in [0.15, 0.2) is 0 Å². The Balaban J connectivity index is 4.51. The average Bonchev–Trinajstić information content (AvgIpc) is 2.01. The number of carbonyl (C=O) groups excluding carboxylic acids is 2. The van der Waals surface area contributed by atoms with Crippen molar-refractivity contribution in [2.24, 2.45) is 0 Å². The first-order valence-electron chi connectivity index (χ1n) is 4.10. The number of carbonyl (C=O) groups is 2. The number of nitrogens with one attached hydrogen (secondary N) is 2. The third-order valence-corrected chi connectivity index (χ3v) is 5.81. The molecule has 8 heteroatoms. The van der Waals surface area contributed by atoms with E-state index in [1.54, 1.807) is 13.8 Å². The minimum absolute atomic E-state index is 0.202. The van der Waals surface area contributed by atoms with Crippen LogP contribution >= 0.6 is 27.9 Å². The number of hydrogen-bond acceptors (Lipinski definition) is 2. The molecule has 0 rings (SSSR count). The van der Waals surface area contributed by atoms with E-state index in [4.69, 9.17) is 27.9 Å². The van der Waals surface area contributed by atoms with Crippen LogP contribution in [-0.4, -0.2) is 11.8 Å². The standard InChI is InChI=1S/2C3H7NO.3ClH.Ti/c2*1-2-3(4)5;;;;/h2*2H2,1H3,(H2,4,5);3*1H;/q;;;;;+5/p-5. The maximum atomic E-state index is 11.0. The third kappa shape index (κ3) is 6.09. The van der Waals surface area contributed by atoms with E-state index in [-0.39, 0.29) is 12.8 Å². The molecule has 0 aliphatic carbocycles. The van der Waals surface area contributed by atoms with Crippen LogP contribution in [0.1, 0.15) is 26.7 Å². The molecular weight excluding hydrogens is 286 g/mol. The fourth-order valence-corrected chi connectivity index (χ4v) is 5.34. The molecule has 14 heavy (non-hydrogen) atoms. The van der Waals surface area contributed by atoms with Gasteiger partial charge in [-0.05, 0) is 0 Å². The molecule has 0 radical (unpaired) electrons. The van der Waals surface area contributed by atoms with Crippen molar-refractivity contribution < 1.29 is 22.2 Å². The molecule has 2 amide bonds. The molecule has 0 unspecified atom stereocenters. The molecule has 0 aromatic rings. The zero-order chi connectivity index (χ0) is 11.4. The van der Waals surface area contributed by atoms with Crippen molar-refractivity contribution in [3.05, 3.63) is 0 Å². The normalized spacial score (nSPS) is 13.9. The van der Waals surface area contributed by atoms with Crippen molar-refractivity contribution in [1.29, 1.82) is 0 Å². The topological polar surface area (TPSA) is 58.2 Å². The summed E-state index contributed by atoms with van der Waals surface area (Å²) in [5, 5.41) is 0. The molecule has 0 atom stereocenters. The zero-order valence-corrected chi connectivity index (χ0v) is 11.7. The first-order chi connectivity index (χ1) is 6.18. The van der Waals surface area contributed by atoms with Crippen LogP contribution in [0.2, 0.25) is 0 Å². The second kappa shape index (κ2) is 5.04. The fraction of sp³-hybridized carbons (Fsp3) is 0.667. The van der Waals surface area contributed by atoms with Crippen molar-refractivity contribution in [2.75, 3.05) is 0 Å². The number of rotatable bonds is 4. The van der Waals surface area contributed by atoms with Crippen LogP contribution in [0.3, 0.4) is 0 Å². The Morgan fingerprint density at radius 2 is 1.29 bits per heavy atom. The minimum atomic E-state index is -4.81. The van der Waals surface area contributed by atoms with Crippen LogP contribution in [-0.2, 0) is 22.2 Å². The Labute approximate surface area is 95.8 Å². The summed E-state index contributed by atoms with van der Waals surface area (Å²) in [6, 6.07) is 0. The van der Waals surface area contributed by atoms with Crippen LogP contribution in [0, 0.1) is 0 Å². The van der Waals surface area contributed by atoms with E-state index in [0.717, 1.165) is 0 Å². The molecule has 0 saturated heterocycles. The molecule has 0 spiro atoms.